The summed E-state index contributed by atoms with van der Waals surface area (Å²) in [5.74, 6) is 9.80. The van der Waals surface area contributed by atoms with E-state index >= 15 is 0 Å². The normalized spacial score (nSPS) is 37.0. The molecule has 3 aliphatic carbocycles. The van der Waals surface area contributed by atoms with Crippen LogP contribution < -0.4 is 0 Å². The second-order valence-electron chi connectivity index (χ2n) is 8.59. The minimum atomic E-state index is 0.370. The fourth-order valence-electron chi connectivity index (χ4n) is 6.62. The molecule has 1 nitrogen and oxygen atoms in total. The minimum absolute atomic E-state index is 0.370. The van der Waals surface area contributed by atoms with Crippen molar-refractivity contribution in [2.45, 2.75) is 71.6 Å². The molecule has 5 atom stereocenters. The Morgan fingerprint density at radius 2 is 2.04 bits per heavy atom. The molecule has 1 aromatic carbocycles. The zero-order valence-corrected chi connectivity index (χ0v) is 15.4. The molecule has 0 radical (unpaired) electrons. The number of phenolic OH excluding ortho intramolecular Hbond substituents is 1. The maximum atomic E-state index is 10.2. The van der Waals surface area contributed by atoms with Crippen LogP contribution in [-0.4, -0.2) is 5.11 Å². The molecule has 2 saturated carbocycles. The van der Waals surface area contributed by atoms with Gasteiger partial charge in [0, 0.05) is 0 Å². The summed E-state index contributed by atoms with van der Waals surface area (Å²) in [6.07, 6.45) is 9.38. The largest absolute Gasteiger partial charge is 0.507 e. The van der Waals surface area contributed by atoms with E-state index in [2.05, 4.69) is 31.8 Å². The summed E-state index contributed by atoms with van der Waals surface area (Å²) in [6, 6.07) is 4.22. The van der Waals surface area contributed by atoms with Crippen LogP contribution in [0.25, 0.3) is 0 Å². The Bertz CT molecular complexity index is 707. The van der Waals surface area contributed by atoms with Crippen molar-refractivity contribution in [3.63, 3.8) is 0 Å². The van der Waals surface area contributed by atoms with E-state index in [0.29, 0.717) is 17.1 Å². The monoisotopic (exact) mass is 322 g/mol. The smallest absolute Gasteiger partial charge is 0.131 e. The Morgan fingerprint density at radius 3 is 2.79 bits per heavy atom. The van der Waals surface area contributed by atoms with Gasteiger partial charge in [0.05, 0.1) is 5.56 Å². The van der Waals surface area contributed by atoms with Gasteiger partial charge in [-0.2, -0.15) is 0 Å². The van der Waals surface area contributed by atoms with Gasteiger partial charge in [-0.25, -0.2) is 0 Å². The quantitative estimate of drug-likeness (QED) is 0.663. The number of fused-ring (bicyclic) bond motifs is 5. The molecule has 0 saturated heterocycles. The number of hydrogen-bond acceptors (Lipinski definition) is 1. The highest BCUT2D eigenvalue weighted by molar-refractivity contribution is 5.52. The van der Waals surface area contributed by atoms with E-state index in [1.165, 1.54) is 49.7 Å². The van der Waals surface area contributed by atoms with Crippen molar-refractivity contribution in [2.75, 3.05) is 0 Å². The standard InChI is InChI=1S/C23H30O/c1-4-6-16-13-20-15(14-22(16)24)7-9-19-18(20)11-12-23(3)17(5-2)8-10-21(19)23/h13-14,17-19,21,24H,5,7-12H2,1-3H3. The van der Waals surface area contributed by atoms with E-state index in [4.69, 9.17) is 0 Å². The predicted molar refractivity (Wildman–Crippen MR) is 99.1 cm³/mol. The molecule has 1 heteroatoms. The van der Waals surface area contributed by atoms with Gasteiger partial charge in [0.15, 0.2) is 0 Å². The third-order valence-electron chi connectivity index (χ3n) is 7.79. The van der Waals surface area contributed by atoms with E-state index in [1.807, 2.05) is 13.0 Å². The molecular weight excluding hydrogens is 292 g/mol. The predicted octanol–water partition coefficient (Wildman–Crippen LogP) is 5.65. The molecule has 0 spiro atoms. The average Bonchev–Trinajstić information content (AvgIpc) is 2.92. The molecule has 4 rings (SSSR count). The van der Waals surface area contributed by atoms with Gasteiger partial charge in [-0.15, -0.1) is 5.92 Å². The Hall–Kier alpha value is -1.42. The van der Waals surface area contributed by atoms with Crippen molar-refractivity contribution < 1.29 is 5.11 Å². The molecule has 2 fully saturated rings. The zero-order chi connectivity index (χ0) is 16.9. The molecule has 128 valence electrons. The molecule has 0 heterocycles. The Balaban J connectivity index is 1.71. The summed E-state index contributed by atoms with van der Waals surface area (Å²) in [6.45, 7) is 6.82. The van der Waals surface area contributed by atoms with E-state index in [9.17, 15) is 5.11 Å². The number of benzene rings is 1. The zero-order valence-electron chi connectivity index (χ0n) is 15.4. The average molecular weight is 322 g/mol. The first-order chi connectivity index (χ1) is 11.6. The van der Waals surface area contributed by atoms with Crippen LogP contribution in [0, 0.1) is 35.0 Å². The molecule has 0 bridgehead atoms. The second-order valence-corrected chi connectivity index (χ2v) is 8.59. The van der Waals surface area contributed by atoms with Gasteiger partial charge in [0.25, 0.3) is 0 Å². The molecule has 0 amide bonds. The van der Waals surface area contributed by atoms with Crippen molar-refractivity contribution in [1.29, 1.82) is 0 Å². The maximum Gasteiger partial charge on any atom is 0.131 e. The number of aryl methyl sites for hydroxylation is 1. The van der Waals surface area contributed by atoms with Gasteiger partial charge < -0.3 is 5.11 Å². The fraction of sp³-hybridized carbons (Fsp3) is 0.652. The Morgan fingerprint density at radius 1 is 1.21 bits per heavy atom. The lowest BCUT2D eigenvalue weighted by atomic mass is 9.54. The topological polar surface area (TPSA) is 20.2 Å². The molecule has 0 aliphatic heterocycles. The van der Waals surface area contributed by atoms with Gasteiger partial charge >= 0.3 is 0 Å². The molecular formula is C23H30O. The first kappa shape index (κ1) is 16.1. The van der Waals surface area contributed by atoms with Gasteiger partial charge in [0.2, 0.25) is 0 Å². The Kier molecular flexibility index (Phi) is 3.91. The highest BCUT2D eigenvalue weighted by Crippen LogP contribution is 2.63. The lowest BCUT2D eigenvalue weighted by molar-refractivity contribution is 0.0273. The first-order valence-electron chi connectivity index (χ1n) is 9.87. The molecule has 24 heavy (non-hydrogen) atoms. The highest BCUT2D eigenvalue weighted by atomic mass is 16.3. The van der Waals surface area contributed by atoms with Crippen molar-refractivity contribution in [3.8, 4) is 17.6 Å². The molecule has 3 aliphatic rings. The van der Waals surface area contributed by atoms with Crippen molar-refractivity contribution in [2.24, 2.45) is 23.2 Å². The number of aromatic hydroxyl groups is 1. The third kappa shape index (κ3) is 2.22. The summed E-state index contributed by atoms with van der Waals surface area (Å²) < 4.78 is 0. The van der Waals surface area contributed by atoms with Crippen LogP contribution >= 0.6 is 0 Å². The van der Waals surface area contributed by atoms with E-state index in [-0.39, 0.29) is 0 Å². The summed E-state index contributed by atoms with van der Waals surface area (Å²) in [4.78, 5) is 0. The van der Waals surface area contributed by atoms with Crippen LogP contribution in [0.3, 0.4) is 0 Å². The summed E-state index contributed by atoms with van der Waals surface area (Å²) in [7, 11) is 0. The van der Waals surface area contributed by atoms with Crippen molar-refractivity contribution >= 4 is 0 Å². The van der Waals surface area contributed by atoms with Crippen LogP contribution in [-0.2, 0) is 6.42 Å². The number of phenols is 1. The van der Waals surface area contributed by atoms with Gasteiger partial charge in [-0.3, -0.25) is 0 Å². The lowest BCUT2D eigenvalue weighted by Gasteiger charge is -2.51. The first-order valence-corrected chi connectivity index (χ1v) is 9.87. The van der Waals surface area contributed by atoms with E-state index in [1.54, 1.807) is 0 Å². The number of rotatable bonds is 1. The van der Waals surface area contributed by atoms with Crippen LogP contribution in [0.4, 0.5) is 0 Å². The van der Waals surface area contributed by atoms with Gasteiger partial charge in [-0.1, -0.05) is 26.2 Å². The molecule has 1 N–H and O–H groups in total. The van der Waals surface area contributed by atoms with E-state index in [0.717, 1.165) is 29.7 Å². The van der Waals surface area contributed by atoms with Gasteiger partial charge in [0.1, 0.15) is 5.75 Å². The van der Waals surface area contributed by atoms with Crippen LogP contribution in [0.5, 0.6) is 5.75 Å². The minimum Gasteiger partial charge on any atom is -0.507 e. The van der Waals surface area contributed by atoms with Crippen molar-refractivity contribution in [1.82, 2.24) is 0 Å². The lowest BCUT2D eigenvalue weighted by Crippen LogP contribution is -2.42. The molecule has 0 aromatic heterocycles. The SMILES string of the molecule is CC#Cc1cc2c(cc1O)CCC1C2CCC2(C)C(CC)CCC12. The summed E-state index contributed by atoms with van der Waals surface area (Å²) in [5, 5.41) is 10.2. The highest BCUT2D eigenvalue weighted by Gasteiger charge is 2.53. The van der Waals surface area contributed by atoms with Crippen LogP contribution in [0.1, 0.15) is 81.9 Å². The van der Waals surface area contributed by atoms with Crippen LogP contribution in [0.2, 0.25) is 0 Å². The summed E-state index contributed by atoms with van der Waals surface area (Å²) in [5.41, 5.74) is 4.28. The summed E-state index contributed by atoms with van der Waals surface area (Å²) >= 11 is 0. The second kappa shape index (κ2) is 5.83. The molecule has 5 unspecified atom stereocenters. The molecule has 1 aromatic rings. The number of hydrogen-bond donors (Lipinski definition) is 1. The van der Waals surface area contributed by atoms with Crippen molar-refractivity contribution in [3.05, 3.63) is 28.8 Å². The Labute approximate surface area is 146 Å². The van der Waals surface area contributed by atoms with Crippen LogP contribution in [0.15, 0.2) is 12.1 Å². The van der Waals surface area contributed by atoms with Gasteiger partial charge in [-0.05, 0) is 97.8 Å². The maximum absolute atomic E-state index is 10.2. The fourth-order valence-corrected chi connectivity index (χ4v) is 6.62. The van der Waals surface area contributed by atoms with E-state index < -0.39 is 0 Å². The third-order valence-corrected chi connectivity index (χ3v) is 7.79.